The molecule has 20 heavy (non-hydrogen) atoms. The normalized spacial score (nSPS) is 22.2. The number of carbonyl (C=O) groups excluding carboxylic acids is 1. The predicted octanol–water partition coefficient (Wildman–Crippen LogP) is 1.46. The summed E-state index contributed by atoms with van der Waals surface area (Å²) in [7, 11) is 0. The van der Waals surface area contributed by atoms with Crippen LogP contribution in [0.1, 0.15) is 32.1 Å². The Balaban J connectivity index is 1.70. The third kappa shape index (κ3) is 4.42. The molecule has 0 bridgehead atoms. The summed E-state index contributed by atoms with van der Waals surface area (Å²) in [6.45, 7) is 0.304. The fourth-order valence-electron chi connectivity index (χ4n) is 2.42. The van der Waals surface area contributed by atoms with E-state index in [4.69, 9.17) is 10.5 Å². The Bertz CT molecular complexity index is 450. The second-order valence-corrected chi connectivity index (χ2v) is 5.20. The van der Waals surface area contributed by atoms with Gasteiger partial charge in [0.2, 0.25) is 5.91 Å². The number of nitrogens with two attached hydrogens (primary N) is 1. The summed E-state index contributed by atoms with van der Waals surface area (Å²) in [6.07, 6.45) is 3.57. The number of ether oxygens (including phenoxy) is 1. The van der Waals surface area contributed by atoms with E-state index in [2.05, 4.69) is 5.32 Å². The molecule has 1 aliphatic carbocycles. The van der Waals surface area contributed by atoms with E-state index >= 15 is 0 Å². The second-order valence-electron chi connectivity index (χ2n) is 5.20. The lowest BCUT2D eigenvalue weighted by molar-refractivity contribution is -0.123. The molecule has 0 aromatic heterocycles. The molecule has 0 saturated heterocycles. The van der Waals surface area contributed by atoms with Gasteiger partial charge in [-0.05, 0) is 25.0 Å². The molecule has 1 saturated carbocycles. The smallest absolute Gasteiger partial charge is 0.223 e. The average molecular weight is 278 g/mol. The zero-order chi connectivity index (χ0) is 14.4. The molecule has 0 heterocycles. The first kappa shape index (κ1) is 14.7. The zero-order valence-electron chi connectivity index (χ0n) is 11.5. The van der Waals surface area contributed by atoms with Gasteiger partial charge in [-0.1, -0.05) is 18.9 Å². The van der Waals surface area contributed by atoms with Crippen molar-refractivity contribution in [1.29, 1.82) is 0 Å². The molecular formula is C15H22N2O3. The molecule has 110 valence electrons. The maximum absolute atomic E-state index is 11.8. The van der Waals surface area contributed by atoms with Crippen molar-refractivity contribution in [2.75, 3.05) is 12.3 Å². The summed E-state index contributed by atoms with van der Waals surface area (Å²) >= 11 is 0. The highest BCUT2D eigenvalue weighted by Crippen LogP contribution is 2.18. The molecule has 2 atom stereocenters. The monoisotopic (exact) mass is 278 g/mol. The maximum atomic E-state index is 11.8. The number of rotatable bonds is 5. The fourth-order valence-corrected chi connectivity index (χ4v) is 2.42. The predicted molar refractivity (Wildman–Crippen MR) is 77.4 cm³/mol. The lowest BCUT2D eigenvalue weighted by Gasteiger charge is -2.28. The van der Waals surface area contributed by atoms with E-state index in [9.17, 15) is 9.90 Å². The van der Waals surface area contributed by atoms with Gasteiger partial charge in [-0.3, -0.25) is 4.79 Å². The molecule has 1 aromatic carbocycles. The molecule has 5 nitrogen and oxygen atoms in total. The minimum atomic E-state index is -0.414. The molecule has 5 heteroatoms. The van der Waals surface area contributed by atoms with E-state index in [1.807, 2.05) is 6.07 Å². The van der Waals surface area contributed by atoms with Crippen LogP contribution >= 0.6 is 0 Å². The number of carbonyl (C=O) groups is 1. The van der Waals surface area contributed by atoms with Crippen LogP contribution in [0.2, 0.25) is 0 Å². The van der Waals surface area contributed by atoms with E-state index in [1.165, 1.54) is 0 Å². The summed E-state index contributed by atoms with van der Waals surface area (Å²) in [5.74, 6) is 0.579. The Morgan fingerprint density at radius 2 is 2.20 bits per heavy atom. The van der Waals surface area contributed by atoms with Crippen LogP contribution in [0.5, 0.6) is 5.75 Å². The highest BCUT2D eigenvalue weighted by atomic mass is 16.5. The number of benzene rings is 1. The molecule has 2 rings (SSSR count). The molecule has 0 unspecified atom stereocenters. The zero-order valence-corrected chi connectivity index (χ0v) is 11.5. The standard InChI is InChI=1S/C15H22N2O3/c16-11-4-3-5-12(10-11)20-9-8-15(19)17-13-6-1-2-7-14(13)18/h3-5,10,13-14,18H,1-2,6-9,16H2,(H,17,19)/t13-,14-/m0/s1. The first-order chi connectivity index (χ1) is 9.65. The van der Waals surface area contributed by atoms with Gasteiger partial charge in [-0.15, -0.1) is 0 Å². The van der Waals surface area contributed by atoms with Gasteiger partial charge >= 0.3 is 0 Å². The van der Waals surface area contributed by atoms with Gasteiger partial charge < -0.3 is 20.9 Å². The van der Waals surface area contributed by atoms with Gasteiger partial charge in [0.25, 0.3) is 0 Å². The van der Waals surface area contributed by atoms with E-state index in [0.717, 1.165) is 25.7 Å². The topological polar surface area (TPSA) is 84.6 Å². The Hall–Kier alpha value is -1.75. The fraction of sp³-hybridized carbons (Fsp3) is 0.533. The Morgan fingerprint density at radius 1 is 1.40 bits per heavy atom. The van der Waals surface area contributed by atoms with Crippen molar-refractivity contribution in [3.05, 3.63) is 24.3 Å². The van der Waals surface area contributed by atoms with Crippen LogP contribution in [0.25, 0.3) is 0 Å². The minimum absolute atomic E-state index is 0.0835. The van der Waals surface area contributed by atoms with Gasteiger partial charge in [0.1, 0.15) is 5.75 Å². The molecule has 4 N–H and O–H groups in total. The van der Waals surface area contributed by atoms with Gasteiger partial charge in [-0.25, -0.2) is 0 Å². The van der Waals surface area contributed by atoms with Gasteiger partial charge in [0.15, 0.2) is 0 Å². The number of anilines is 1. The van der Waals surface area contributed by atoms with Crippen LogP contribution in [0.15, 0.2) is 24.3 Å². The molecule has 0 radical (unpaired) electrons. The highest BCUT2D eigenvalue weighted by molar-refractivity contribution is 5.76. The number of hydrogen-bond donors (Lipinski definition) is 3. The van der Waals surface area contributed by atoms with E-state index < -0.39 is 6.10 Å². The first-order valence-electron chi connectivity index (χ1n) is 7.11. The third-order valence-electron chi connectivity index (χ3n) is 3.53. The van der Waals surface area contributed by atoms with E-state index in [1.54, 1.807) is 18.2 Å². The number of nitrogens with one attached hydrogen (secondary N) is 1. The molecule has 0 spiro atoms. The second kappa shape index (κ2) is 7.14. The van der Waals surface area contributed by atoms with Crippen molar-refractivity contribution in [2.45, 2.75) is 44.2 Å². The van der Waals surface area contributed by atoms with Crippen molar-refractivity contribution >= 4 is 11.6 Å². The highest BCUT2D eigenvalue weighted by Gasteiger charge is 2.24. The van der Waals surface area contributed by atoms with Crippen molar-refractivity contribution in [3.8, 4) is 5.75 Å². The van der Waals surface area contributed by atoms with Gasteiger partial charge in [-0.2, -0.15) is 0 Å². The van der Waals surface area contributed by atoms with Gasteiger partial charge in [0.05, 0.1) is 25.2 Å². The summed E-state index contributed by atoms with van der Waals surface area (Å²) in [5, 5.41) is 12.7. The average Bonchev–Trinajstić information content (AvgIpc) is 2.41. The number of aliphatic hydroxyl groups is 1. The van der Waals surface area contributed by atoms with Crippen molar-refractivity contribution in [2.24, 2.45) is 0 Å². The number of hydrogen-bond acceptors (Lipinski definition) is 4. The third-order valence-corrected chi connectivity index (χ3v) is 3.53. The van der Waals surface area contributed by atoms with Crippen LogP contribution in [0.3, 0.4) is 0 Å². The van der Waals surface area contributed by atoms with Crippen molar-refractivity contribution < 1.29 is 14.6 Å². The number of amides is 1. The van der Waals surface area contributed by atoms with Crippen LogP contribution in [0.4, 0.5) is 5.69 Å². The molecule has 1 fully saturated rings. The van der Waals surface area contributed by atoms with Crippen LogP contribution < -0.4 is 15.8 Å². The van der Waals surface area contributed by atoms with Gasteiger partial charge in [0, 0.05) is 11.8 Å². The van der Waals surface area contributed by atoms with Crippen molar-refractivity contribution in [1.82, 2.24) is 5.32 Å². The lowest BCUT2D eigenvalue weighted by atomic mass is 9.92. The van der Waals surface area contributed by atoms with Crippen LogP contribution in [-0.4, -0.2) is 29.8 Å². The van der Waals surface area contributed by atoms with E-state index in [-0.39, 0.29) is 18.4 Å². The molecular weight excluding hydrogens is 256 g/mol. The van der Waals surface area contributed by atoms with Crippen LogP contribution in [0, 0.1) is 0 Å². The maximum Gasteiger partial charge on any atom is 0.223 e. The van der Waals surface area contributed by atoms with E-state index in [0.29, 0.717) is 18.0 Å². The Labute approximate surface area is 119 Å². The molecule has 1 aromatic rings. The largest absolute Gasteiger partial charge is 0.493 e. The molecule has 1 amide bonds. The summed E-state index contributed by atoms with van der Waals surface area (Å²) < 4.78 is 5.47. The number of nitrogen functional groups attached to an aromatic ring is 1. The Kier molecular flexibility index (Phi) is 5.24. The molecule has 1 aliphatic rings. The van der Waals surface area contributed by atoms with Crippen molar-refractivity contribution in [3.63, 3.8) is 0 Å². The Morgan fingerprint density at radius 3 is 2.95 bits per heavy atom. The summed E-state index contributed by atoms with van der Waals surface area (Å²) in [6, 6.07) is 7.01. The molecule has 0 aliphatic heterocycles. The van der Waals surface area contributed by atoms with Crippen LogP contribution in [-0.2, 0) is 4.79 Å². The number of aliphatic hydroxyl groups excluding tert-OH is 1. The quantitative estimate of drug-likeness (QED) is 0.712. The SMILES string of the molecule is Nc1cccc(OCCC(=O)N[C@H]2CCCC[C@@H]2O)c1. The lowest BCUT2D eigenvalue weighted by Crippen LogP contribution is -2.45. The summed E-state index contributed by atoms with van der Waals surface area (Å²) in [4.78, 5) is 11.8. The first-order valence-corrected chi connectivity index (χ1v) is 7.11. The summed E-state index contributed by atoms with van der Waals surface area (Å²) in [5.41, 5.74) is 6.28. The minimum Gasteiger partial charge on any atom is -0.493 e.